The van der Waals surface area contributed by atoms with Gasteiger partial charge in [0.2, 0.25) is 5.91 Å². The van der Waals surface area contributed by atoms with Crippen molar-refractivity contribution >= 4 is 23.3 Å². The van der Waals surface area contributed by atoms with E-state index in [0.717, 1.165) is 16.9 Å². The number of hydrogen-bond donors (Lipinski definition) is 3. The zero-order valence-corrected chi connectivity index (χ0v) is 13.7. The maximum Gasteiger partial charge on any atom is 0.315 e. The van der Waals surface area contributed by atoms with Crippen molar-refractivity contribution in [2.24, 2.45) is 0 Å². The van der Waals surface area contributed by atoms with Crippen molar-refractivity contribution in [3.05, 3.63) is 57.8 Å². The van der Waals surface area contributed by atoms with Crippen LogP contribution in [0.5, 0.6) is 0 Å². The van der Waals surface area contributed by atoms with Crippen molar-refractivity contribution in [3.8, 4) is 0 Å². The number of benzene rings is 1. The molecule has 5 nitrogen and oxygen atoms in total. The van der Waals surface area contributed by atoms with Gasteiger partial charge in [0, 0.05) is 11.4 Å². The third-order valence-electron chi connectivity index (χ3n) is 3.92. The van der Waals surface area contributed by atoms with Gasteiger partial charge < -0.3 is 16.0 Å². The quantitative estimate of drug-likeness (QED) is 0.787. The number of carbonyl (C=O) groups excluding carboxylic acids is 2. The zero-order chi connectivity index (χ0) is 16.2. The van der Waals surface area contributed by atoms with Gasteiger partial charge in [-0.05, 0) is 29.0 Å². The van der Waals surface area contributed by atoms with Crippen molar-refractivity contribution in [2.45, 2.75) is 25.4 Å². The van der Waals surface area contributed by atoms with E-state index in [2.05, 4.69) is 47.1 Å². The first-order valence-corrected chi connectivity index (χ1v) is 8.52. The molecule has 1 aromatic carbocycles. The second kappa shape index (κ2) is 6.83. The van der Waals surface area contributed by atoms with Crippen LogP contribution in [0.15, 0.2) is 41.8 Å². The fourth-order valence-corrected chi connectivity index (χ4v) is 3.38. The van der Waals surface area contributed by atoms with Gasteiger partial charge in [0.15, 0.2) is 0 Å². The third-order valence-corrected chi connectivity index (χ3v) is 4.86. The number of urea groups is 1. The van der Waals surface area contributed by atoms with Crippen molar-refractivity contribution in [3.63, 3.8) is 0 Å². The molecule has 0 bridgehead atoms. The minimum atomic E-state index is -0.528. The molecule has 2 unspecified atom stereocenters. The molecule has 3 N–H and O–H groups in total. The van der Waals surface area contributed by atoms with Crippen LogP contribution in [0.1, 0.15) is 29.0 Å². The molecule has 23 heavy (non-hydrogen) atoms. The second-order valence-corrected chi connectivity index (χ2v) is 6.44. The fourth-order valence-electron chi connectivity index (χ4n) is 2.58. The van der Waals surface area contributed by atoms with Crippen LogP contribution in [0.2, 0.25) is 0 Å². The van der Waals surface area contributed by atoms with Crippen LogP contribution >= 0.6 is 11.3 Å². The number of hydrogen-bond acceptors (Lipinski definition) is 3. The van der Waals surface area contributed by atoms with Gasteiger partial charge in [0.1, 0.15) is 6.04 Å². The summed E-state index contributed by atoms with van der Waals surface area (Å²) in [5.41, 5.74) is 2.30. The SMILES string of the molecule is CCc1ccc(C(NC(=O)C2CNC(=O)N2)c2cccs2)cc1. The summed E-state index contributed by atoms with van der Waals surface area (Å²) < 4.78 is 0. The molecule has 1 aromatic heterocycles. The van der Waals surface area contributed by atoms with Crippen LogP contribution in [0.3, 0.4) is 0 Å². The topological polar surface area (TPSA) is 70.2 Å². The Bertz CT molecular complexity index is 682. The summed E-state index contributed by atoms with van der Waals surface area (Å²) in [6.45, 7) is 2.43. The Morgan fingerprint density at radius 3 is 2.70 bits per heavy atom. The first-order valence-electron chi connectivity index (χ1n) is 7.64. The maximum absolute atomic E-state index is 12.4. The van der Waals surface area contributed by atoms with E-state index in [0.29, 0.717) is 6.54 Å². The molecular weight excluding hydrogens is 310 g/mol. The summed E-state index contributed by atoms with van der Waals surface area (Å²) in [5, 5.41) is 10.3. The zero-order valence-electron chi connectivity index (χ0n) is 12.8. The molecule has 0 spiro atoms. The van der Waals surface area contributed by atoms with Gasteiger partial charge >= 0.3 is 6.03 Å². The smallest absolute Gasteiger partial charge is 0.315 e. The number of thiophene rings is 1. The van der Waals surface area contributed by atoms with Crippen LogP contribution in [-0.4, -0.2) is 24.5 Å². The van der Waals surface area contributed by atoms with E-state index in [1.165, 1.54) is 5.56 Å². The van der Waals surface area contributed by atoms with Gasteiger partial charge in [-0.15, -0.1) is 11.3 Å². The lowest BCUT2D eigenvalue weighted by Gasteiger charge is -2.20. The largest absolute Gasteiger partial charge is 0.343 e. The lowest BCUT2D eigenvalue weighted by atomic mass is 10.0. The Hall–Kier alpha value is -2.34. The first-order chi connectivity index (χ1) is 11.2. The normalized spacial score (nSPS) is 18.1. The number of nitrogens with one attached hydrogen (secondary N) is 3. The van der Waals surface area contributed by atoms with Crippen LogP contribution in [-0.2, 0) is 11.2 Å². The van der Waals surface area contributed by atoms with Crippen LogP contribution in [0.25, 0.3) is 0 Å². The highest BCUT2D eigenvalue weighted by Gasteiger charge is 2.29. The Morgan fingerprint density at radius 2 is 2.13 bits per heavy atom. The van der Waals surface area contributed by atoms with Gasteiger partial charge in [-0.2, -0.15) is 0 Å². The predicted molar refractivity (Wildman–Crippen MR) is 90.4 cm³/mol. The van der Waals surface area contributed by atoms with Crippen LogP contribution < -0.4 is 16.0 Å². The molecule has 1 aliphatic rings. The lowest BCUT2D eigenvalue weighted by molar-refractivity contribution is -0.122. The van der Waals surface area contributed by atoms with Crippen LogP contribution in [0.4, 0.5) is 4.79 Å². The standard InChI is InChI=1S/C17H19N3O2S/c1-2-11-5-7-12(8-6-11)15(14-4-3-9-23-14)20-16(21)13-10-18-17(22)19-13/h3-9,13,15H,2,10H2,1H3,(H,20,21)(H2,18,19,22). The molecule has 1 aliphatic heterocycles. The van der Waals surface area contributed by atoms with E-state index >= 15 is 0 Å². The summed E-state index contributed by atoms with van der Waals surface area (Å²) in [6.07, 6.45) is 0.982. The minimum Gasteiger partial charge on any atom is -0.343 e. The molecule has 1 saturated heterocycles. The molecule has 0 saturated carbocycles. The molecule has 2 atom stereocenters. The fraction of sp³-hybridized carbons (Fsp3) is 0.294. The molecule has 6 heteroatoms. The Labute approximate surface area is 139 Å². The highest BCUT2D eigenvalue weighted by atomic mass is 32.1. The average Bonchev–Trinajstić information content (AvgIpc) is 3.24. The molecule has 1 fully saturated rings. The Kier molecular flexibility index (Phi) is 4.62. The molecule has 3 rings (SSSR count). The second-order valence-electron chi connectivity index (χ2n) is 5.46. The number of carbonyl (C=O) groups is 2. The summed E-state index contributed by atoms with van der Waals surface area (Å²) in [7, 11) is 0. The lowest BCUT2D eigenvalue weighted by Crippen LogP contribution is -2.44. The van der Waals surface area contributed by atoms with E-state index in [1.54, 1.807) is 11.3 Å². The summed E-state index contributed by atoms with van der Waals surface area (Å²) in [4.78, 5) is 24.7. The van der Waals surface area contributed by atoms with Crippen molar-refractivity contribution in [1.29, 1.82) is 0 Å². The maximum atomic E-state index is 12.4. The van der Waals surface area contributed by atoms with E-state index in [4.69, 9.17) is 0 Å². The Balaban J connectivity index is 1.81. The summed E-state index contributed by atoms with van der Waals surface area (Å²) in [6, 6.07) is 11.2. The van der Waals surface area contributed by atoms with Gasteiger partial charge in [-0.1, -0.05) is 37.3 Å². The van der Waals surface area contributed by atoms with E-state index in [1.807, 2.05) is 17.5 Å². The highest BCUT2D eigenvalue weighted by molar-refractivity contribution is 7.10. The molecule has 120 valence electrons. The molecular formula is C17H19N3O2S. The average molecular weight is 329 g/mol. The van der Waals surface area contributed by atoms with E-state index in [-0.39, 0.29) is 18.0 Å². The molecule has 0 aliphatic carbocycles. The van der Waals surface area contributed by atoms with Gasteiger partial charge in [-0.25, -0.2) is 4.79 Å². The molecule has 0 radical (unpaired) electrons. The van der Waals surface area contributed by atoms with Crippen molar-refractivity contribution < 1.29 is 9.59 Å². The highest BCUT2D eigenvalue weighted by Crippen LogP contribution is 2.26. The molecule has 2 aromatic rings. The predicted octanol–water partition coefficient (Wildman–Crippen LogP) is 2.20. The molecule has 3 amide bonds. The number of amides is 3. The first kappa shape index (κ1) is 15.6. The van der Waals surface area contributed by atoms with Crippen molar-refractivity contribution in [2.75, 3.05) is 6.54 Å². The van der Waals surface area contributed by atoms with Gasteiger partial charge in [-0.3, -0.25) is 4.79 Å². The van der Waals surface area contributed by atoms with Crippen LogP contribution in [0, 0.1) is 0 Å². The van der Waals surface area contributed by atoms with Crippen molar-refractivity contribution in [1.82, 2.24) is 16.0 Å². The minimum absolute atomic E-state index is 0.179. The molecule has 2 heterocycles. The van der Waals surface area contributed by atoms with E-state index < -0.39 is 6.04 Å². The Morgan fingerprint density at radius 1 is 1.35 bits per heavy atom. The van der Waals surface area contributed by atoms with E-state index in [9.17, 15) is 9.59 Å². The number of rotatable bonds is 5. The third kappa shape index (κ3) is 3.53. The summed E-state index contributed by atoms with van der Waals surface area (Å²) >= 11 is 1.60. The van der Waals surface area contributed by atoms with Gasteiger partial charge in [0.05, 0.1) is 6.04 Å². The number of aryl methyl sites for hydroxylation is 1. The van der Waals surface area contributed by atoms with Gasteiger partial charge in [0.25, 0.3) is 0 Å². The summed E-state index contributed by atoms with van der Waals surface area (Å²) in [5.74, 6) is -0.179. The monoisotopic (exact) mass is 329 g/mol.